The largest absolute Gasteiger partial charge is 0.444 e. The molecular formula is C17H10ClF3N2O2. The van der Waals surface area contributed by atoms with Crippen LogP contribution in [-0.4, -0.2) is 10.9 Å². The van der Waals surface area contributed by atoms with Gasteiger partial charge in [-0.05, 0) is 30.3 Å². The van der Waals surface area contributed by atoms with Crippen LogP contribution in [0, 0.1) is 0 Å². The molecule has 128 valence electrons. The number of benzene rings is 2. The number of anilines is 1. The van der Waals surface area contributed by atoms with E-state index in [1.807, 2.05) is 0 Å². The summed E-state index contributed by atoms with van der Waals surface area (Å²) in [5, 5.41) is 2.63. The van der Waals surface area contributed by atoms with Crippen molar-refractivity contribution >= 4 is 23.2 Å². The average molecular weight is 367 g/mol. The Bertz CT molecular complexity index is 909. The van der Waals surface area contributed by atoms with Crippen LogP contribution in [0.1, 0.15) is 15.9 Å². The molecule has 0 saturated heterocycles. The molecule has 0 fully saturated rings. The van der Waals surface area contributed by atoms with E-state index in [-0.39, 0.29) is 27.6 Å². The van der Waals surface area contributed by atoms with Crippen LogP contribution < -0.4 is 5.32 Å². The number of halogens is 4. The zero-order chi connectivity index (χ0) is 18.0. The number of hydrogen-bond donors (Lipinski definition) is 1. The van der Waals surface area contributed by atoms with Crippen LogP contribution in [0.3, 0.4) is 0 Å². The lowest BCUT2D eigenvalue weighted by atomic mass is 10.1. The summed E-state index contributed by atoms with van der Waals surface area (Å²) in [4.78, 5) is 16.0. The van der Waals surface area contributed by atoms with Gasteiger partial charge >= 0.3 is 6.18 Å². The Balaban J connectivity index is 1.99. The Labute approximate surface area is 145 Å². The van der Waals surface area contributed by atoms with Crippen molar-refractivity contribution < 1.29 is 22.4 Å². The van der Waals surface area contributed by atoms with Gasteiger partial charge < -0.3 is 9.73 Å². The van der Waals surface area contributed by atoms with Gasteiger partial charge in [-0.15, -0.1) is 0 Å². The Kier molecular flexibility index (Phi) is 4.50. The van der Waals surface area contributed by atoms with E-state index < -0.39 is 17.6 Å². The van der Waals surface area contributed by atoms with E-state index in [0.717, 1.165) is 18.5 Å². The van der Waals surface area contributed by atoms with Gasteiger partial charge in [0, 0.05) is 11.3 Å². The van der Waals surface area contributed by atoms with E-state index >= 15 is 0 Å². The van der Waals surface area contributed by atoms with Crippen LogP contribution in [0.4, 0.5) is 18.9 Å². The Morgan fingerprint density at radius 1 is 1.16 bits per heavy atom. The van der Waals surface area contributed by atoms with Crippen LogP contribution in [-0.2, 0) is 6.18 Å². The first-order valence-corrected chi connectivity index (χ1v) is 7.39. The Morgan fingerprint density at radius 2 is 1.92 bits per heavy atom. The fourth-order valence-electron chi connectivity index (χ4n) is 2.21. The number of oxazole rings is 1. The predicted octanol–water partition coefficient (Wildman–Crippen LogP) is 5.27. The monoisotopic (exact) mass is 366 g/mol. The molecule has 0 bridgehead atoms. The standard InChI is InChI=1S/C17H10ClF3N2O2/c18-14-4-2-1-3-13(14)16(24)23-12-6-10(15-8-22-9-25-15)5-11(7-12)17(19,20)21/h1-9H,(H,23,24). The quantitative estimate of drug-likeness (QED) is 0.687. The second-order valence-corrected chi connectivity index (χ2v) is 5.50. The van der Waals surface area contributed by atoms with Crippen LogP contribution in [0.2, 0.25) is 5.02 Å². The van der Waals surface area contributed by atoms with E-state index in [1.54, 1.807) is 12.1 Å². The van der Waals surface area contributed by atoms with Gasteiger partial charge in [0.15, 0.2) is 12.2 Å². The summed E-state index contributed by atoms with van der Waals surface area (Å²) in [6.45, 7) is 0. The molecular weight excluding hydrogens is 357 g/mol. The van der Waals surface area contributed by atoms with Gasteiger partial charge in [-0.3, -0.25) is 4.79 Å². The summed E-state index contributed by atoms with van der Waals surface area (Å²) in [7, 11) is 0. The van der Waals surface area contributed by atoms with E-state index in [4.69, 9.17) is 16.0 Å². The number of carbonyl (C=O) groups is 1. The Hall–Kier alpha value is -2.80. The third kappa shape index (κ3) is 3.83. The first-order valence-electron chi connectivity index (χ1n) is 7.01. The average Bonchev–Trinajstić information content (AvgIpc) is 3.08. The first-order chi connectivity index (χ1) is 11.8. The zero-order valence-corrected chi connectivity index (χ0v) is 13.2. The summed E-state index contributed by atoms with van der Waals surface area (Å²) in [6, 6.07) is 9.37. The highest BCUT2D eigenvalue weighted by Gasteiger charge is 2.31. The maximum Gasteiger partial charge on any atom is 0.416 e. The van der Waals surface area contributed by atoms with Gasteiger partial charge in [0.2, 0.25) is 0 Å². The van der Waals surface area contributed by atoms with Crippen molar-refractivity contribution in [3.05, 3.63) is 71.2 Å². The van der Waals surface area contributed by atoms with Crippen molar-refractivity contribution in [2.24, 2.45) is 0 Å². The normalized spacial score (nSPS) is 11.4. The third-order valence-corrected chi connectivity index (χ3v) is 3.68. The maximum absolute atomic E-state index is 13.1. The molecule has 0 saturated carbocycles. The summed E-state index contributed by atoms with van der Waals surface area (Å²) in [6.07, 6.45) is -2.19. The summed E-state index contributed by atoms with van der Waals surface area (Å²) in [5.41, 5.74) is -0.661. The predicted molar refractivity (Wildman–Crippen MR) is 86.3 cm³/mol. The van der Waals surface area contributed by atoms with Crippen molar-refractivity contribution in [2.75, 3.05) is 5.32 Å². The smallest absolute Gasteiger partial charge is 0.416 e. The first kappa shape index (κ1) is 17.0. The van der Waals surface area contributed by atoms with Gasteiger partial charge in [-0.2, -0.15) is 13.2 Å². The van der Waals surface area contributed by atoms with E-state index in [0.29, 0.717) is 0 Å². The number of amides is 1. The lowest BCUT2D eigenvalue weighted by Crippen LogP contribution is -2.14. The van der Waals surface area contributed by atoms with E-state index in [1.165, 1.54) is 24.4 Å². The number of alkyl halides is 3. The van der Waals surface area contributed by atoms with Gasteiger partial charge in [-0.25, -0.2) is 4.98 Å². The molecule has 1 amide bonds. The molecule has 25 heavy (non-hydrogen) atoms. The van der Waals surface area contributed by atoms with Gasteiger partial charge in [0.1, 0.15) is 0 Å². The molecule has 3 aromatic rings. The molecule has 0 aliphatic rings. The molecule has 1 N–H and O–H groups in total. The number of aromatic nitrogens is 1. The number of carbonyl (C=O) groups excluding carboxylic acids is 1. The number of rotatable bonds is 3. The molecule has 0 aliphatic carbocycles. The topological polar surface area (TPSA) is 55.1 Å². The highest BCUT2D eigenvalue weighted by atomic mass is 35.5. The maximum atomic E-state index is 13.1. The van der Waals surface area contributed by atoms with Crippen molar-refractivity contribution in [1.29, 1.82) is 0 Å². The van der Waals surface area contributed by atoms with Crippen molar-refractivity contribution in [2.45, 2.75) is 6.18 Å². The minimum absolute atomic E-state index is 0.0360. The van der Waals surface area contributed by atoms with Gasteiger partial charge in [0.05, 0.1) is 22.3 Å². The van der Waals surface area contributed by atoms with Crippen LogP contribution in [0.5, 0.6) is 0 Å². The van der Waals surface area contributed by atoms with Crippen LogP contribution in [0.25, 0.3) is 11.3 Å². The van der Waals surface area contributed by atoms with E-state index in [2.05, 4.69) is 10.3 Å². The number of nitrogens with one attached hydrogen (secondary N) is 1. The number of hydrogen-bond acceptors (Lipinski definition) is 3. The molecule has 1 aromatic heterocycles. The summed E-state index contributed by atoms with van der Waals surface area (Å²) in [5.74, 6) is -0.465. The van der Waals surface area contributed by atoms with Gasteiger partial charge in [-0.1, -0.05) is 23.7 Å². The minimum Gasteiger partial charge on any atom is -0.444 e. The molecule has 3 rings (SSSR count). The molecule has 0 unspecified atom stereocenters. The Morgan fingerprint density at radius 3 is 2.56 bits per heavy atom. The van der Waals surface area contributed by atoms with Gasteiger partial charge in [0.25, 0.3) is 5.91 Å². The zero-order valence-electron chi connectivity index (χ0n) is 12.5. The minimum atomic E-state index is -4.58. The lowest BCUT2D eigenvalue weighted by Gasteiger charge is -2.12. The fraction of sp³-hybridized carbons (Fsp3) is 0.0588. The molecule has 2 aromatic carbocycles. The van der Waals surface area contributed by atoms with Crippen molar-refractivity contribution in [1.82, 2.24) is 4.98 Å². The second kappa shape index (κ2) is 6.60. The SMILES string of the molecule is O=C(Nc1cc(-c2cnco2)cc(C(F)(F)F)c1)c1ccccc1Cl. The summed E-state index contributed by atoms with van der Waals surface area (Å²) >= 11 is 5.94. The molecule has 0 aliphatic heterocycles. The van der Waals surface area contributed by atoms with Crippen LogP contribution in [0.15, 0.2) is 59.5 Å². The lowest BCUT2D eigenvalue weighted by molar-refractivity contribution is -0.137. The molecule has 0 radical (unpaired) electrons. The van der Waals surface area contributed by atoms with Crippen LogP contribution >= 0.6 is 11.6 Å². The third-order valence-electron chi connectivity index (χ3n) is 3.35. The highest BCUT2D eigenvalue weighted by molar-refractivity contribution is 6.34. The van der Waals surface area contributed by atoms with Crippen molar-refractivity contribution in [3.8, 4) is 11.3 Å². The highest BCUT2D eigenvalue weighted by Crippen LogP contribution is 2.35. The molecule has 0 atom stereocenters. The van der Waals surface area contributed by atoms with Crippen molar-refractivity contribution in [3.63, 3.8) is 0 Å². The second-order valence-electron chi connectivity index (χ2n) is 5.10. The number of nitrogens with zero attached hydrogens (tertiary/aromatic N) is 1. The fourth-order valence-corrected chi connectivity index (χ4v) is 2.43. The molecule has 0 spiro atoms. The molecule has 4 nitrogen and oxygen atoms in total. The summed E-state index contributed by atoms with van der Waals surface area (Å²) < 4.78 is 44.4. The molecule has 1 heterocycles. The molecule has 8 heteroatoms. The van der Waals surface area contributed by atoms with E-state index in [9.17, 15) is 18.0 Å².